The summed E-state index contributed by atoms with van der Waals surface area (Å²) in [4.78, 5) is 17.5. The highest BCUT2D eigenvalue weighted by atomic mass is 79.9. The maximum Gasteiger partial charge on any atom is 0.228 e. The number of benzene rings is 2. The van der Waals surface area contributed by atoms with Gasteiger partial charge in [0.25, 0.3) is 0 Å². The molecule has 0 aliphatic carbocycles. The zero-order valence-corrected chi connectivity index (χ0v) is 15.9. The van der Waals surface area contributed by atoms with Crippen LogP contribution in [0.2, 0.25) is 0 Å². The molecule has 2 aromatic carbocycles. The minimum atomic E-state index is -0.228. The van der Waals surface area contributed by atoms with E-state index in [1.165, 1.54) is 21.3 Å². The van der Waals surface area contributed by atoms with Gasteiger partial charge in [-0.2, -0.15) is 0 Å². The van der Waals surface area contributed by atoms with Crippen LogP contribution in [0.5, 0.6) is 17.2 Å². The van der Waals surface area contributed by atoms with Gasteiger partial charge in [-0.3, -0.25) is 4.79 Å². The van der Waals surface area contributed by atoms with Crippen LogP contribution < -0.4 is 14.2 Å². The van der Waals surface area contributed by atoms with Gasteiger partial charge in [0, 0.05) is 17.1 Å². The van der Waals surface area contributed by atoms with Crippen molar-refractivity contribution in [3.8, 4) is 17.2 Å². The van der Waals surface area contributed by atoms with Gasteiger partial charge in [0.1, 0.15) is 0 Å². The Morgan fingerprint density at radius 3 is 2.24 bits per heavy atom. The lowest BCUT2D eigenvalue weighted by molar-refractivity contribution is 0.102. The highest BCUT2D eigenvalue weighted by Gasteiger charge is 2.22. The van der Waals surface area contributed by atoms with E-state index in [0.29, 0.717) is 28.6 Å². The van der Waals surface area contributed by atoms with Crippen LogP contribution in [0.3, 0.4) is 0 Å². The highest BCUT2D eigenvalue weighted by Crippen LogP contribution is 2.38. The Bertz CT molecular complexity index is 940. The number of hydrogen-bond acceptors (Lipinski definition) is 5. The molecule has 3 rings (SSSR count). The summed E-state index contributed by atoms with van der Waals surface area (Å²) in [6, 6.07) is 8.93. The number of imidazole rings is 1. The van der Waals surface area contributed by atoms with Crippen LogP contribution in [0.1, 0.15) is 16.2 Å². The molecule has 7 heteroatoms. The van der Waals surface area contributed by atoms with Gasteiger partial charge in [0.15, 0.2) is 17.3 Å². The molecular formula is C18H17BrN2O4. The van der Waals surface area contributed by atoms with E-state index >= 15 is 0 Å². The molecule has 25 heavy (non-hydrogen) atoms. The van der Waals surface area contributed by atoms with E-state index in [0.717, 1.165) is 15.5 Å². The van der Waals surface area contributed by atoms with Crippen molar-refractivity contribution < 1.29 is 19.0 Å². The van der Waals surface area contributed by atoms with Crippen LogP contribution in [0.25, 0.3) is 11.0 Å². The second-order valence-electron chi connectivity index (χ2n) is 5.37. The van der Waals surface area contributed by atoms with Crippen molar-refractivity contribution in [1.29, 1.82) is 0 Å². The van der Waals surface area contributed by atoms with Gasteiger partial charge in [-0.05, 0) is 30.3 Å². The number of ketones is 1. The third-order valence-electron chi connectivity index (χ3n) is 3.97. The molecule has 3 aromatic rings. The van der Waals surface area contributed by atoms with Gasteiger partial charge in [-0.15, -0.1) is 0 Å². The highest BCUT2D eigenvalue weighted by molar-refractivity contribution is 9.10. The number of aryl methyl sites for hydroxylation is 1. The van der Waals surface area contributed by atoms with Gasteiger partial charge >= 0.3 is 0 Å². The fraction of sp³-hybridized carbons (Fsp3) is 0.222. The minimum Gasteiger partial charge on any atom is -0.493 e. The SMILES string of the molecule is COc1cc(C(=O)c2nc3ccc(Br)cc3n2C)cc(OC)c1OC. The Balaban J connectivity index is 2.14. The van der Waals surface area contributed by atoms with Crippen LogP contribution in [-0.4, -0.2) is 36.7 Å². The predicted molar refractivity (Wildman–Crippen MR) is 97.9 cm³/mol. The number of ether oxygens (including phenoxy) is 3. The van der Waals surface area contributed by atoms with Crippen LogP contribution in [0.4, 0.5) is 0 Å². The normalized spacial score (nSPS) is 10.8. The largest absolute Gasteiger partial charge is 0.493 e. The summed E-state index contributed by atoms with van der Waals surface area (Å²) in [6.45, 7) is 0. The second kappa shape index (κ2) is 6.76. The Morgan fingerprint density at radius 2 is 1.68 bits per heavy atom. The summed E-state index contributed by atoms with van der Waals surface area (Å²) in [5.74, 6) is 1.39. The lowest BCUT2D eigenvalue weighted by Crippen LogP contribution is -2.10. The van der Waals surface area contributed by atoms with Crippen molar-refractivity contribution in [2.24, 2.45) is 7.05 Å². The minimum absolute atomic E-state index is 0.228. The maximum absolute atomic E-state index is 13.0. The smallest absolute Gasteiger partial charge is 0.228 e. The second-order valence-corrected chi connectivity index (χ2v) is 6.29. The molecule has 0 radical (unpaired) electrons. The van der Waals surface area contributed by atoms with E-state index in [1.807, 2.05) is 25.2 Å². The van der Waals surface area contributed by atoms with Crippen LogP contribution in [0, 0.1) is 0 Å². The van der Waals surface area contributed by atoms with E-state index < -0.39 is 0 Å². The Hall–Kier alpha value is -2.54. The number of carbonyl (C=O) groups excluding carboxylic acids is 1. The quantitative estimate of drug-likeness (QED) is 0.608. The molecule has 0 spiro atoms. The summed E-state index contributed by atoms with van der Waals surface area (Å²) in [5, 5.41) is 0. The summed E-state index contributed by atoms with van der Waals surface area (Å²) in [6.07, 6.45) is 0. The third-order valence-corrected chi connectivity index (χ3v) is 4.47. The van der Waals surface area contributed by atoms with Crippen molar-refractivity contribution in [2.75, 3.05) is 21.3 Å². The number of rotatable bonds is 5. The Labute approximate surface area is 153 Å². The van der Waals surface area contributed by atoms with Gasteiger partial charge in [0.2, 0.25) is 11.5 Å². The molecule has 0 aliphatic heterocycles. The first-order valence-electron chi connectivity index (χ1n) is 7.46. The molecule has 130 valence electrons. The Morgan fingerprint density at radius 1 is 1.04 bits per heavy atom. The predicted octanol–water partition coefficient (Wildman–Crippen LogP) is 3.59. The molecule has 0 amide bonds. The average molecular weight is 405 g/mol. The van der Waals surface area contributed by atoms with Crippen LogP contribution >= 0.6 is 15.9 Å². The van der Waals surface area contributed by atoms with Crippen LogP contribution in [0.15, 0.2) is 34.8 Å². The molecule has 0 unspecified atom stereocenters. The maximum atomic E-state index is 13.0. The van der Waals surface area contributed by atoms with Crippen molar-refractivity contribution >= 4 is 32.7 Å². The number of carbonyl (C=O) groups is 1. The molecule has 0 N–H and O–H groups in total. The molecule has 0 aliphatic rings. The van der Waals surface area contributed by atoms with E-state index in [1.54, 1.807) is 16.7 Å². The number of hydrogen-bond donors (Lipinski definition) is 0. The number of halogens is 1. The number of nitrogens with zero attached hydrogens (tertiary/aromatic N) is 2. The number of fused-ring (bicyclic) bond motifs is 1. The number of aromatic nitrogens is 2. The monoisotopic (exact) mass is 404 g/mol. The van der Waals surface area contributed by atoms with Crippen molar-refractivity contribution in [3.63, 3.8) is 0 Å². The average Bonchev–Trinajstić information content (AvgIpc) is 2.95. The fourth-order valence-corrected chi connectivity index (χ4v) is 3.06. The molecule has 0 atom stereocenters. The first-order valence-corrected chi connectivity index (χ1v) is 8.26. The van der Waals surface area contributed by atoms with E-state index in [4.69, 9.17) is 14.2 Å². The van der Waals surface area contributed by atoms with E-state index in [9.17, 15) is 4.79 Å². The van der Waals surface area contributed by atoms with Gasteiger partial charge in [-0.1, -0.05) is 15.9 Å². The molecule has 0 bridgehead atoms. The van der Waals surface area contributed by atoms with Crippen molar-refractivity contribution in [3.05, 3.63) is 46.2 Å². The first kappa shape index (κ1) is 17.3. The molecule has 6 nitrogen and oxygen atoms in total. The Kier molecular flexibility index (Phi) is 4.67. The van der Waals surface area contributed by atoms with Crippen LogP contribution in [-0.2, 0) is 7.05 Å². The van der Waals surface area contributed by atoms with Crippen molar-refractivity contribution in [2.45, 2.75) is 0 Å². The first-order chi connectivity index (χ1) is 12.0. The molecule has 0 saturated heterocycles. The topological polar surface area (TPSA) is 62.6 Å². The van der Waals surface area contributed by atoms with E-state index in [-0.39, 0.29) is 5.78 Å². The van der Waals surface area contributed by atoms with Gasteiger partial charge in [-0.25, -0.2) is 4.98 Å². The molecular weight excluding hydrogens is 388 g/mol. The van der Waals surface area contributed by atoms with Gasteiger partial charge < -0.3 is 18.8 Å². The zero-order chi connectivity index (χ0) is 18.1. The summed E-state index contributed by atoms with van der Waals surface area (Å²) in [5.41, 5.74) is 2.03. The fourth-order valence-electron chi connectivity index (χ4n) is 2.71. The lowest BCUT2D eigenvalue weighted by atomic mass is 10.1. The standard InChI is InChI=1S/C18H17BrN2O4/c1-21-13-9-11(19)5-6-12(13)20-18(21)16(22)10-7-14(23-2)17(25-4)15(8-10)24-3/h5-9H,1-4H3. The molecule has 1 heterocycles. The molecule has 0 saturated carbocycles. The molecule has 0 fully saturated rings. The summed E-state index contributed by atoms with van der Waals surface area (Å²) in [7, 11) is 6.36. The third kappa shape index (κ3) is 2.95. The summed E-state index contributed by atoms with van der Waals surface area (Å²) < 4.78 is 18.6. The summed E-state index contributed by atoms with van der Waals surface area (Å²) >= 11 is 3.44. The zero-order valence-electron chi connectivity index (χ0n) is 14.3. The van der Waals surface area contributed by atoms with Gasteiger partial charge in [0.05, 0.1) is 32.4 Å². The van der Waals surface area contributed by atoms with Crippen molar-refractivity contribution in [1.82, 2.24) is 9.55 Å². The number of methoxy groups -OCH3 is 3. The van der Waals surface area contributed by atoms with E-state index in [2.05, 4.69) is 20.9 Å². The lowest BCUT2D eigenvalue weighted by Gasteiger charge is -2.13. The molecule has 1 aromatic heterocycles.